The standard InChI is InChI=1S/C22H18FN5O2S2/c1-27-18(10-17(26-27)13-2-4-15(23)5-3-13)21(30)28-8-6-16-19(11-28)32-22(24-16)25-20(29)14-7-9-31-12-14/h2-5,7,9-10,12H,6,8,11H2,1H3,(H,24,25,29). The first-order valence-electron chi connectivity index (χ1n) is 9.89. The molecule has 1 N–H and O–H groups in total. The van der Waals surface area contributed by atoms with Gasteiger partial charge in [-0.1, -0.05) is 11.3 Å². The van der Waals surface area contributed by atoms with Crippen LogP contribution in [0.25, 0.3) is 11.3 Å². The molecule has 10 heteroatoms. The maximum absolute atomic E-state index is 13.2. The molecule has 0 aliphatic carbocycles. The summed E-state index contributed by atoms with van der Waals surface area (Å²) in [5.74, 6) is -0.634. The Kier molecular flexibility index (Phi) is 5.32. The van der Waals surface area contributed by atoms with Crippen molar-refractivity contribution in [3.05, 3.63) is 74.8 Å². The second-order valence-corrected chi connectivity index (χ2v) is 9.24. The molecular formula is C22H18FN5O2S2. The number of hydrogen-bond donors (Lipinski definition) is 1. The molecule has 162 valence electrons. The van der Waals surface area contributed by atoms with E-state index < -0.39 is 0 Å². The van der Waals surface area contributed by atoms with Gasteiger partial charge in [-0.2, -0.15) is 16.4 Å². The van der Waals surface area contributed by atoms with Crippen LogP contribution >= 0.6 is 22.7 Å². The van der Waals surface area contributed by atoms with Crippen LogP contribution in [-0.2, 0) is 20.0 Å². The number of carbonyl (C=O) groups is 2. The quantitative estimate of drug-likeness (QED) is 0.488. The molecule has 0 unspecified atom stereocenters. The molecule has 1 aliphatic rings. The van der Waals surface area contributed by atoms with Crippen molar-refractivity contribution in [2.45, 2.75) is 13.0 Å². The van der Waals surface area contributed by atoms with Crippen LogP contribution in [0, 0.1) is 5.82 Å². The van der Waals surface area contributed by atoms with E-state index in [1.54, 1.807) is 46.3 Å². The molecule has 0 bridgehead atoms. The van der Waals surface area contributed by atoms with E-state index in [4.69, 9.17) is 0 Å². The number of fused-ring (bicyclic) bond motifs is 1. The molecule has 0 saturated carbocycles. The Labute approximate surface area is 191 Å². The van der Waals surface area contributed by atoms with Crippen LogP contribution in [0.1, 0.15) is 31.4 Å². The first-order chi connectivity index (χ1) is 15.5. The lowest BCUT2D eigenvalue weighted by molar-refractivity contribution is 0.0725. The lowest BCUT2D eigenvalue weighted by Gasteiger charge is -2.25. The zero-order valence-corrected chi connectivity index (χ0v) is 18.7. The first kappa shape index (κ1) is 20.5. The third-order valence-electron chi connectivity index (χ3n) is 5.26. The van der Waals surface area contributed by atoms with Gasteiger partial charge in [0.2, 0.25) is 0 Å². The Hall–Kier alpha value is -3.37. The number of aryl methyl sites for hydroxylation is 1. The predicted octanol–water partition coefficient (Wildman–Crippen LogP) is 4.20. The second-order valence-electron chi connectivity index (χ2n) is 7.38. The number of carbonyl (C=O) groups excluding carboxylic acids is 2. The number of thiazole rings is 1. The third-order valence-corrected chi connectivity index (χ3v) is 6.94. The minimum Gasteiger partial charge on any atom is -0.332 e. The molecule has 1 aliphatic heterocycles. The molecule has 1 aromatic carbocycles. The van der Waals surface area contributed by atoms with Gasteiger partial charge in [-0.25, -0.2) is 9.37 Å². The van der Waals surface area contributed by atoms with E-state index in [0.717, 1.165) is 16.1 Å². The molecule has 0 spiro atoms. The molecule has 2 amide bonds. The van der Waals surface area contributed by atoms with Crippen molar-refractivity contribution in [3.8, 4) is 11.3 Å². The Morgan fingerprint density at radius 1 is 1.19 bits per heavy atom. The van der Waals surface area contributed by atoms with Gasteiger partial charge in [0.25, 0.3) is 11.8 Å². The Balaban J connectivity index is 1.31. The molecule has 4 heterocycles. The van der Waals surface area contributed by atoms with E-state index in [-0.39, 0.29) is 17.6 Å². The van der Waals surface area contributed by atoms with E-state index in [9.17, 15) is 14.0 Å². The van der Waals surface area contributed by atoms with Crippen molar-refractivity contribution in [1.29, 1.82) is 0 Å². The highest BCUT2D eigenvalue weighted by atomic mass is 32.1. The van der Waals surface area contributed by atoms with Gasteiger partial charge in [-0.05, 0) is 41.8 Å². The van der Waals surface area contributed by atoms with E-state index in [2.05, 4.69) is 15.4 Å². The second kappa shape index (κ2) is 8.29. The van der Waals surface area contributed by atoms with Gasteiger partial charge in [-0.15, -0.1) is 0 Å². The fourth-order valence-corrected chi connectivity index (χ4v) is 5.23. The summed E-state index contributed by atoms with van der Waals surface area (Å²) in [4.78, 5) is 32.7. The van der Waals surface area contributed by atoms with Crippen molar-refractivity contribution in [2.75, 3.05) is 11.9 Å². The normalized spacial score (nSPS) is 13.1. The zero-order chi connectivity index (χ0) is 22.2. The van der Waals surface area contributed by atoms with Crippen LogP contribution in [0.3, 0.4) is 0 Å². The van der Waals surface area contributed by atoms with E-state index >= 15 is 0 Å². The van der Waals surface area contributed by atoms with Crippen LogP contribution in [0.4, 0.5) is 9.52 Å². The van der Waals surface area contributed by atoms with Gasteiger partial charge in [0.1, 0.15) is 11.5 Å². The maximum Gasteiger partial charge on any atom is 0.272 e. The largest absolute Gasteiger partial charge is 0.332 e. The number of anilines is 1. The van der Waals surface area contributed by atoms with Crippen molar-refractivity contribution in [1.82, 2.24) is 19.7 Å². The number of amides is 2. The minimum absolute atomic E-state index is 0.128. The number of aromatic nitrogens is 3. The summed E-state index contributed by atoms with van der Waals surface area (Å²) in [7, 11) is 1.72. The number of rotatable bonds is 4. The van der Waals surface area contributed by atoms with Crippen molar-refractivity contribution < 1.29 is 14.0 Å². The van der Waals surface area contributed by atoms with Crippen LogP contribution < -0.4 is 5.32 Å². The summed E-state index contributed by atoms with van der Waals surface area (Å²) in [6, 6.07) is 9.52. The Bertz CT molecular complexity index is 1290. The van der Waals surface area contributed by atoms with Gasteiger partial charge in [0.15, 0.2) is 5.13 Å². The van der Waals surface area contributed by atoms with Gasteiger partial charge in [0, 0.05) is 35.8 Å². The fourth-order valence-electron chi connectivity index (χ4n) is 3.58. The van der Waals surface area contributed by atoms with Crippen LogP contribution in [-0.4, -0.2) is 38.0 Å². The highest BCUT2D eigenvalue weighted by Crippen LogP contribution is 2.30. The lowest BCUT2D eigenvalue weighted by atomic mass is 10.1. The predicted molar refractivity (Wildman–Crippen MR) is 121 cm³/mol. The molecule has 32 heavy (non-hydrogen) atoms. The molecule has 0 atom stereocenters. The highest BCUT2D eigenvalue weighted by Gasteiger charge is 2.27. The van der Waals surface area contributed by atoms with Gasteiger partial charge >= 0.3 is 0 Å². The van der Waals surface area contributed by atoms with Crippen molar-refractivity contribution in [2.24, 2.45) is 7.05 Å². The molecule has 7 nitrogen and oxygen atoms in total. The minimum atomic E-state index is -0.319. The summed E-state index contributed by atoms with van der Waals surface area (Å²) in [6.07, 6.45) is 0.620. The topological polar surface area (TPSA) is 80.1 Å². The van der Waals surface area contributed by atoms with Crippen LogP contribution in [0.5, 0.6) is 0 Å². The number of nitrogens with one attached hydrogen (secondary N) is 1. The van der Waals surface area contributed by atoms with Crippen molar-refractivity contribution in [3.63, 3.8) is 0 Å². The summed E-state index contributed by atoms with van der Waals surface area (Å²) in [5.41, 5.74) is 3.34. The average Bonchev–Trinajstić information content (AvgIpc) is 3.52. The number of thiophene rings is 1. The van der Waals surface area contributed by atoms with Gasteiger partial charge in [-0.3, -0.25) is 19.6 Å². The van der Waals surface area contributed by atoms with Crippen LogP contribution in [0.15, 0.2) is 47.2 Å². The summed E-state index contributed by atoms with van der Waals surface area (Å²) in [5, 5.41) is 11.4. The lowest BCUT2D eigenvalue weighted by Crippen LogP contribution is -2.36. The summed E-state index contributed by atoms with van der Waals surface area (Å²) >= 11 is 2.86. The van der Waals surface area contributed by atoms with Crippen molar-refractivity contribution >= 4 is 39.6 Å². The smallest absolute Gasteiger partial charge is 0.272 e. The molecule has 0 saturated heterocycles. The number of benzene rings is 1. The van der Waals surface area contributed by atoms with E-state index in [0.29, 0.717) is 41.6 Å². The summed E-state index contributed by atoms with van der Waals surface area (Å²) in [6.45, 7) is 0.960. The summed E-state index contributed by atoms with van der Waals surface area (Å²) < 4.78 is 14.8. The van der Waals surface area contributed by atoms with Gasteiger partial charge < -0.3 is 4.90 Å². The molecular weight excluding hydrogens is 449 g/mol. The van der Waals surface area contributed by atoms with Gasteiger partial charge in [0.05, 0.1) is 23.5 Å². The monoisotopic (exact) mass is 467 g/mol. The number of halogens is 1. The molecule has 4 aromatic rings. The SMILES string of the molecule is Cn1nc(-c2ccc(F)cc2)cc1C(=O)N1CCc2nc(NC(=O)c3ccsc3)sc2C1. The van der Waals surface area contributed by atoms with E-state index in [1.165, 1.54) is 34.8 Å². The molecule has 3 aromatic heterocycles. The Morgan fingerprint density at radius 3 is 2.75 bits per heavy atom. The third kappa shape index (κ3) is 3.94. The average molecular weight is 468 g/mol. The number of nitrogens with zero attached hydrogens (tertiary/aromatic N) is 4. The highest BCUT2D eigenvalue weighted by molar-refractivity contribution is 7.16. The first-order valence-corrected chi connectivity index (χ1v) is 11.7. The molecule has 0 radical (unpaired) electrons. The number of hydrogen-bond acceptors (Lipinski definition) is 6. The fraction of sp³-hybridized carbons (Fsp3) is 0.182. The zero-order valence-electron chi connectivity index (χ0n) is 17.0. The van der Waals surface area contributed by atoms with Crippen LogP contribution in [0.2, 0.25) is 0 Å². The Morgan fingerprint density at radius 2 is 2.00 bits per heavy atom. The molecule has 0 fully saturated rings. The van der Waals surface area contributed by atoms with E-state index in [1.807, 2.05) is 5.38 Å². The molecule has 5 rings (SSSR count). The maximum atomic E-state index is 13.2.